The van der Waals surface area contributed by atoms with Gasteiger partial charge >= 0.3 is 6.03 Å². The zero-order chi connectivity index (χ0) is 16.5. The van der Waals surface area contributed by atoms with E-state index < -0.39 is 0 Å². The van der Waals surface area contributed by atoms with Crippen LogP contribution in [-0.4, -0.2) is 18.3 Å². The maximum Gasteiger partial charge on any atom is 0.339 e. The van der Waals surface area contributed by atoms with Crippen molar-refractivity contribution in [2.24, 2.45) is 5.10 Å². The molecule has 120 valence electrons. The van der Waals surface area contributed by atoms with Crippen molar-refractivity contribution >= 4 is 17.4 Å². The topological polar surface area (TPSA) is 62.7 Å². The van der Waals surface area contributed by atoms with E-state index in [1.807, 2.05) is 61.5 Å². The van der Waals surface area contributed by atoms with Gasteiger partial charge in [0.15, 0.2) is 0 Å². The third-order valence-electron chi connectivity index (χ3n) is 3.10. The molecule has 23 heavy (non-hydrogen) atoms. The lowest BCUT2D eigenvalue weighted by Crippen LogP contribution is -2.25. The molecule has 0 atom stereocenters. The van der Waals surface area contributed by atoms with Crippen LogP contribution >= 0.6 is 0 Å². The smallest absolute Gasteiger partial charge is 0.339 e. The van der Waals surface area contributed by atoms with Crippen molar-refractivity contribution in [3.63, 3.8) is 0 Å². The number of nitrogens with zero attached hydrogens (tertiary/aromatic N) is 1. The molecule has 0 fully saturated rings. The van der Waals surface area contributed by atoms with Gasteiger partial charge in [-0.3, -0.25) is 0 Å². The van der Waals surface area contributed by atoms with Crippen LogP contribution in [0.25, 0.3) is 0 Å². The van der Waals surface area contributed by atoms with Gasteiger partial charge in [-0.15, -0.1) is 0 Å². The van der Waals surface area contributed by atoms with E-state index in [0.29, 0.717) is 6.61 Å². The van der Waals surface area contributed by atoms with Crippen molar-refractivity contribution < 1.29 is 9.53 Å². The summed E-state index contributed by atoms with van der Waals surface area (Å²) in [6.07, 6.45) is 0.975. The Morgan fingerprint density at radius 3 is 2.43 bits per heavy atom. The highest BCUT2D eigenvalue weighted by atomic mass is 16.5. The molecule has 0 heterocycles. The van der Waals surface area contributed by atoms with Crippen LogP contribution in [-0.2, 0) is 0 Å². The van der Waals surface area contributed by atoms with E-state index in [2.05, 4.69) is 22.8 Å². The lowest BCUT2D eigenvalue weighted by Gasteiger charge is -2.07. The molecule has 5 nitrogen and oxygen atoms in total. The number of carbonyl (C=O) groups excluding carboxylic acids is 1. The minimum atomic E-state index is -0.376. The van der Waals surface area contributed by atoms with Crippen molar-refractivity contribution in [3.8, 4) is 5.75 Å². The standard InChI is InChI=1S/C18H21N3O2/c1-3-13-23-17-11-9-15(10-12-17)14(2)20-21-18(22)19-16-7-5-4-6-8-16/h4-12H,3,13H2,1-2H3,(H2,19,21,22)/b20-14-. The van der Waals surface area contributed by atoms with Crippen LogP contribution in [0.4, 0.5) is 10.5 Å². The van der Waals surface area contributed by atoms with Crippen LogP contribution in [0.2, 0.25) is 0 Å². The second-order valence-corrected chi connectivity index (χ2v) is 5.00. The monoisotopic (exact) mass is 311 g/mol. The van der Waals surface area contributed by atoms with Crippen molar-refractivity contribution in [2.75, 3.05) is 11.9 Å². The third kappa shape index (κ3) is 5.47. The number of para-hydroxylation sites is 1. The van der Waals surface area contributed by atoms with E-state index in [1.165, 1.54) is 0 Å². The van der Waals surface area contributed by atoms with Gasteiger partial charge in [0.25, 0.3) is 0 Å². The molecule has 2 rings (SSSR count). The molecule has 0 aliphatic heterocycles. The van der Waals surface area contributed by atoms with E-state index >= 15 is 0 Å². The predicted molar refractivity (Wildman–Crippen MR) is 93.0 cm³/mol. The van der Waals surface area contributed by atoms with E-state index in [9.17, 15) is 4.79 Å². The number of hydrazone groups is 1. The van der Waals surface area contributed by atoms with E-state index in [1.54, 1.807) is 0 Å². The second-order valence-electron chi connectivity index (χ2n) is 5.00. The lowest BCUT2D eigenvalue weighted by molar-refractivity contribution is 0.252. The van der Waals surface area contributed by atoms with Crippen molar-refractivity contribution in [3.05, 3.63) is 60.2 Å². The van der Waals surface area contributed by atoms with Gasteiger partial charge in [0.05, 0.1) is 12.3 Å². The zero-order valence-electron chi connectivity index (χ0n) is 13.4. The van der Waals surface area contributed by atoms with Crippen LogP contribution in [0.3, 0.4) is 0 Å². The average molecular weight is 311 g/mol. The van der Waals surface area contributed by atoms with Gasteiger partial charge in [-0.25, -0.2) is 10.2 Å². The number of urea groups is 1. The Kier molecular flexibility index (Phi) is 6.17. The molecule has 2 amide bonds. The Morgan fingerprint density at radius 2 is 1.78 bits per heavy atom. The molecule has 0 aliphatic rings. The fourth-order valence-corrected chi connectivity index (χ4v) is 1.89. The predicted octanol–water partition coefficient (Wildman–Crippen LogP) is 4.02. The number of hydrogen-bond acceptors (Lipinski definition) is 3. The number of amides is 2. The molecular weight excluding hydrogens is 290 g/mol. The fraction of sp³-hybridized carbons (Fsp3) is 0.222. The number of ether oxygens (including phenoxy) is 1. The van der Waals surface area contributed by atoms with E-state index in [4.69, 9.17) is 4.74 Å². The van der Waals surface area contributed by atoms with Gasteiger partial charge in [0.2, 0.25) is 0 Å². The zero-order valence-corrected chi connectivity index (χ0v) is 13.4. The largest absolute Gasteiger partial charge is 0.494 e. The summed E-state index contributed by atoms with van der Waals surface area (Å²) in [5, 5.41) is 6.80. The van der Waals surface area contributed by atoms with Crippen molar-refractivity contribution in [1.82, 2.24) is 5.43 Å². The van der Waals surface area contributed by atoms with Gasteiger partial charge < -0.3 is 10.1 Å². The van der Waals surface area contributed by atoms with Gasteiger partial charge in [0.1, 0.15) is 5.75 Å². The van der Waals surface area contributed by atoms with Crippen molar-refractivity contribution in [1.29, 1.82) is 0 Å². The second kappa shape index (κ2) is 8.58. The Morgan fingerprint density at radius 1 is 1.09 bits per heavy atom. The van der Waals surface area contributed by atoms with Crippen LogP contribution in [0.1, 0.15) is 25.8 Å². The molecule has 0 spiro atoms. The highest BCUT2D eigenvalue weighted by Gasteiger charge is 2.02. The summed E-state index contributed by atoms with van der Waals surface area (Å²) in [6, 6.07) is 16.5. The maximum atomic E-state index is 11.8. The summed E-state index contributed by atoms with van der Waals surface area (Å²) in [4.78, 5) is 11.8. The lowest BCUT2D eigenvalue weighted by atomic mass is 10.1. The number of carbonyl (C=O) groups is 1. The molecule has 0 saturated carbocycles. The summed E-state index contributed by atoms with van der Waals surface area (Å²) in [6.45, 7) is 4.61. The Balaban J connectivity index is 1.90. The Hall–Kier alpha value is -2.82. The summed E-state index contributed by atoms with van der Waals surface area (Å²) in [5.41, 5.74) is 4.85. The number of anilines is 1. The molecule has 0 unspecified atom stereocenters. The van der Waals surface area contributed by atoms with E-state index in [-0.39, 0.29) is 6.03 Å². The molecule has 0 radical (unpaired) electrons. The normalized spacial score (nSPS) is 11.0. The first-order chi connectivity index (χ1) is 11.2. The third-order valence-corrected chi connectivity index (χ3v) is 3.10. The number of hydrogen-bond donors (Lipinski definition) is 2. The first-order valence-electron chi connectivity index (χ1n) is 7.58. The Labute approximate surface area is 136 Å². The van der Waals surface area contributed by atoms with Gasteiger partial charge in [-0.2, -0.15) is 5.10 Å². The molecule has 5 heteroatoms. The average Bonchev–Trinajstić information content (AvgIpc) is 2.59. The quantitative estimate of drug-likeness (QED) is 0.625. The fourth-order valence-electron chi connectivity index (χ4n) is 1.89. The van der Waals surface area contributed by atoms with Gasteiger partial charge in [-0.05, 0) is 55.3 Å². The maximum absolute atomic E-state index is 11.8. The molecule has 0 saturated heterocycles. The SMILES string of the molecule is CCCOc1ccc(/C(C)=N\NC(=O)Nc2ccccc2)cc1. The van der Waals surface area contributed by atoms with Gasteiger partial charge in [-0.1, -0.05) is 25.1 Å². The minimum absolute atomic E-state index is 0.376. The van der Waals surface area contributed by atoms with Crippen LogP contribution < -0.4 is 15.5 Å². The van der Waals surface area contributed by atoms with Crippen LogP contribution in [0.15, 0.2) is 59.7 Å². The molecule has 0 aliphatic carbocycles. The highest BCUT2D eigenvalue weighted by molar-refractivity contribution is 6.00. The molecule has 2 aromatic carbocycles. The number of benzene rings is 2. The van der Waals surface area contributed by atoms with Crippen molar-refractivity contribution in [2.45, 2.75) is 20.3 Å². The number of rotatable bonds is 6. The first kappa shape index (κ1) is 16.5. The molecular formula is C18H21N3O2. The summed E-state index contributed by atoms with van der Waals surface area (Å²) >= 11 is 0. The Bertz CT molecular complexity index is 652. The molecule has 0 bridgehead atoms. The molecule has 2 N–H and O–H groups in total. The summed E-state index contributed by atoms with van der Waals surface area (Å²) in [7, 11) is 0. The highest BCUT2D eigenvalue weighted by Crippen LogP contribution is 2.13. The molecule has 2 aromatic rings. The number of nitrogens with one attached hydrogen (secondary N) is 2. The molecule has 0 aromatic heterocycles. The summed E-state index contributed by atoms with van der Waals surface area (Å²) < 4.78 is 5.53. The van der Waals surface area contributed by atoms with Gasteiger partial charge in [0, 0.05) is 5.69 Å². The summed E-state index contributed by atoms with van der Waals surface area (Å²) in [5.74, 6) is 0.832. The first-order valence-corrected chi connectivity index (χ1v) is 7.58. The van der Waals surface area contributed by atoms with E-state index in [0.717, 1.165) is 29.1 Å². The van der Waals surface area contributed by atoms with Crippen LogP contribution in [0.5, 0.6) is 5.75 Å². The van der Waals surface area contributed by atoms with Crippen LogP contribution in [0, 0.1) is 0 Å². The minimum Gasteiger partial charge on any atom is -0.494 e.